The van der Waals surface area contributed by atoms with E-state index in [2.05, 4.69) is 36.3 Å². The largest absolute Gasteiger partial charge is 0.497 e. The van der Waals surface area contributed by atoms with Crippen LogP contribution in [0.25, 0.3) is 10.2 Å². The van der Waals surface area contributed by atoms with Crippen molar-refractivity contribution in [3.05, 3.63) is 48.0 Å². The van der Waals surface area contributed by atoms with Crippen molar-refractivity contribution < 1.29 is 14.3 Å². The third-order valence-corrected chi connectivity index (χ3v) is 5.20. The molecule has 3 aromatic rings. The second-order valence-electron chi connectivity index (χ2n) is 6.07. The molecule has 0 bridgehead atoms. The first-order chi connectivity index (χ1) is 12.6. The topological polar surface area (TPSA) is 60.5 Å². The van der Waals surface area contributed by atoms with Gasteiger partial charge in [-0.2, -0.15) is 0 Å². The summed E-state index contributed by atoms with van der Waals surface area (Å²) in [6, 6.07) is 13.4. The fourth-order valence-corrected chi connectivity index (χ4v) is 3.44. The molecular weight excluding hydrogens is 348 g/mol. The number of rotatable bonds is 7. The van der Waals surface area contributed by atoms with Crippen molar-refractivity contribution in [2.24, 2.45) is 0 Å². The van der Waals surface area contributed by atoms with Gasteiger partial charge >= 0.3 is 0 Å². The van der Waals surface area contributed by atoms with Gasteiger partial charge in [0, 0.05) is 0 Å². The Bertz CT molecular complexity index is 890. The van der Waals surface area contributed by atoms with Crippen LogP contribution in [0.2, 0.25) is 0 Å². The second kappa shape index (κ2) is 8.19. The van der Waals surface area contributed by atoms with Crippen molar-refractivity contribution in [3.63, 3.8) is 0 Å². The van der Waals surface area contributed by atoms with Gasteiger partial charge in [-0.15, -0.1) is 0 Å². The molecule has 0 aliphatic rings. The Morgan fingerprint density at radius 3 is 2.62 bits per heavy atom. The monoisotopic (exact) mass is 370 g/mol. The predicted octanol–water partition coefficient (Wildman–Crippen LogP) is 4.84. The first kappa shape index (κ1) is 18.2. The molecule has 1 atom stereocenters. The number of amides is 1. The zero-order valence-electron chi connectivity index (χ0n) is 15.1. The Balaban J connectivity index is 1.61. The quantitative estimate of drug-likeness (QED) is 0.647. The molecule has 3 rings (SSSR count). The summed E-state index contributed by atoms with van der Waals surface area (Å²) in [4.78, 5) is 16.6. The Morgan fingerprint density at radius 2 is 1.92 bits per heavy atom. The molecule has 0 saturated heterocycles. The molecule has 0 aliphatic carbocycles. The predicted molar refractivity (Wildman–Crippen MR) is 105 cm³/mol. The summed E-state index contributed by atoms with van der Waals surface area (Å²) in [7, 11) is 1.60. The minimum atomic E-state index is -0.234. The summed E-state index contributed by atoms with van der Waals surface area (Å²) in [6.45, 7) is 4.32. The Morgan fingerprint density at radius 1 is 1.19 bits per heavy atom. The minimum Gasteiger partial charge on any atom is -0.497 e. The fraction of sp³-hybridized carbons (Fsp3) is 0.300. The molecule has 1 unspecified atom stereocenters. The second-order valence-corrected chi connectivity index (χ2v) is 7.10. The van der Waals surface area contributed by atoms with Gasteiger partial charge in [0.25, 0.3) is 5.91 Å². The van der Waals surface area contributed by atoms with Crippen molar-refractivity contribution in [2.45, 2.75) is 26.2 Å². The van der Waals surface area contributed by atoms with Crippen molar-refractivity contribution in [1.82, 2.24) is 4.98 Å². The molecule has 1 aromatic heterocycles. The number of anilines is 1. The maximum Gasteiger partial charge on any atom is 0.264 e. The van der Waals surface area contributed by atoms with Crippen molar-refractivity contribution in [3.8, 4) is 11.5 Å². The van der Waals surface area contributed by atoms with Crippen LogP contribution in [0.15, 0.2) is 42.5 Å². The normalized spacial score (nSPS) is 12.0. The number of thiazole rings is 1. The first-order valence-corrected chi connectivity index (χ1v) is 9.38. The Kier molecular flexibility index (Phi) is 5.73. The van der Waals surface area contributed by atoms with E-state index >= 15 is 0 Å². The van der Waals surface area contributed by atoms with Crippen LogP contribution in [0.4, 0.5) is 5.13 Å². The minimum absolute atomic E-state index is 0.0691. The summed E-state index contributed by atoms with van der Waals surface area (Å²) in [5.74, 6) is 1.64. The number of hydrogen-bond donors (Lipinski definition) is 1. The molecule has 136 valence electrons. The molecule has 5 nitrogen and oxygen atoms in total. The number of nitrogens with zero attached hydrogens (tertiary/aromatic N) is 1. The molecule has 0 radical (unpaired) electrons. The number of ether oxygens (including phenoxy) is 2. The van der Waals surface area contributed by atoms with Crippen molar-refractivity contribution in [1.29, 1.82) is 0 Å². The number of benzene rings is 2. The van der Waals surface area contributed by atoms with Gasteiger partial charge in [-0.25, -0.2) is 4.98 Å². The van der Waals surface area contributed by atoms with Gasteiger partial charge in [0.15, 0.2) is 11.7 Å². The lowest BCUT2D eigenvalue weighted by Gasteiger charge is -2.07. The number of hydrogen-bond acceptors (Lipinski definition) is 5. The van der Waals surface area contributed by atoms with E-state index in [1.54, 1.807) is 31.4 Å². The van der Waals surface area contributed by atoms with Crippen LogP contribution in [0, 0.1) is 0 Å². The van der Waals surface area contributed by atoms with Gasteiger partial charge in [0.2, 0.25) is 0 Å². The van der Waals surface area contributed by atoms with Gasteiger partial charge in [-0.3, -0.25) is 10.1 Å². The highest BCUT2D eigenvalue weighted by Gasteiger charge is 2.11. The molecule has 0 aliphatic heterocycles. The molecule has 26 heavy (non-hydrogen) atoms. The molecular formula is C20H22N2O3S. The van der Waals surface area contributed by atoms with Crippen molar-refractivity contribution in [2.75, 3.05) is 19.0 Å². The number of aromatic nitrogens is 1. The molecule has 0 fully saturated rings. The van der Waals surface area contributed by atoms with E-state index in [-0.39, 0.29) is 12.5 Å². The first-order valence-electron chi connectivity index (χ1n) is 8.56. The number of fused-ring (bicyclic) bond motifs is 1. The van der Waals surface area contributed by atoms with Crippen LogP contribution in [-0.2, 0) is 4.79 Å². The van der Waals surface area contributed by atoms with E-state index in [1.165, 1.54) is 16.9 Å². The lowest BCUT2D eigenvalue weighted by molar-refractivity contribution is -0.118. The number of carbonyl (C=O) groups is 1. The average Bonchev–Trinajstić information content (AvgIpc) is 3.07. The molecule has 1 amide bonds. The van der Waals surface area contributed by atoms with Crippen LogP contribution in [0.5, 0.6) is 11.5 Å². The SMILES string of the molecule is CCC(C)c1ccc2nc(NC(=O)COc3ccc(OC)cc3)sc2c1. The highest BCUT2D eigenvalue weighted by molar-refractivity contribution is 7.22. The van der Waals surface area contributed by atoms with Crippen LogP contribution in [-0.4, -0.2) is 24.6 Å². The highest BCUT2D eigenvalue weighted by atomic mass is 32.1. The lowest BCUT2D eigenvalue weighted by atomic mass is 9.99. The third kappa shape index (κ3) is 4.32. The van der Waals surface area contributed by atoms with E-state index in [1.807, 2.05) is 6.07 Å². The number of carbonyl (C=O) groups excluding carboxylic acids is 1. The molecule has 1 heterocycles. The standard InChI is InChI=1S/C20H22N2O3S/c1-4-13(2)14-5-10-17-18(11-14)26-20(21-17)22-19(23)12-25-16-8-6-15(24-3)7-9-16/h5-11,13H,4,12H2,1-3H3,(H,21,22,23). The van der Waals surface area contributed by atoms with E-state index < -0.39 is 0 Å². The molecule has 0 saturated carbocycles. The van der Waals surface area contributed by atoms with Crippen LogP contribution in [0.1, 0.15) is 31.7 Å². The van der Waals surface area contributed by atoms with Crippen LogP contribution < -0.4 is 14.8 Å². The van der Waals surface area contributed by atoms with Gasteiger partial charge in [-0.05, 0) is 54.3 Å². The van der Waals surface area contributed by atoms with Gasteiger partial charge in [0.1, 0.15) is 11.5 Å². The lowest BCUT2D eigenvalue weighted by Crippen LogP contribution is -2.19. The smallest absolute Gasteiger partial charge is 0.264 e. The van der Waals surface area contributed by atoms with Gasteiger partial charge in [-0.1, -0.05) is 31.3 Å². The van der Waals surface area contributed by atoms with Crippen molar-refractivity contribution >= 4 is 32.6 Å². The fourth-order valence-electron chi connectivity index (χ4n) is 2.51. The molecule has 1 N–H and O–H groups in total. The van der Waals surface area contributed by atoms with Crippen LogP contribution >= 0.6 is 11.3 Å². The molecule has 0 spiro atoms. The van der Waals surface area contributed by atoms with Gasteiger partial charge < -0.3 is 9.47 Å². The van der Waals surface area contributed by atoms with E-state index in [9.17, 15) is 4.79 Å². The zero-order valence-corrected chi connectivity index (χ0v) is 15.9. The average molecular weight is 370 g/mol. The van der Waals surface area contributed by atoms with Gasteiger partial charge in [0.05, 0.1) is 17.3 Å². The summed E-state index contributed by atoms with van der Waals surface area (Å²) < 4.78 is 11.7. The Labute approximate surface area is 157 Å². The Hall–Kier alpha value is -2.60. The van der Waals surface area contributed by atoms with E-state index in [0.29, 0.717) is 16.8 Å². The number of methoxy groups -OCH3 is 1. The van der Waals surface area contributed by atoms with E-state index in [4.69, 9.17) is 9.47 Å². The maximum absolute atomic E-state index is 12.1. The maximum atomic E-state index is 12.1. The highest BCUT2D eigenvalue weighted by Crippen LogP contribution is 2.30. The molecule has 6 heteroatoms. The van der Waals surface area contributed by atoms with Crippen LogP contribution in [0.3, 0.4) is 0 Å². The summed E-state index contributed by atoms with van der Waals surface area (Å²) in [5, 5.41) is 3.39. The van der Waals surface area contributed by atoms with E-state index in [0.717, 1.165) is 22.4 Å². The summed E-state index contributed by atoms with van der Waals surface area (Å²) >= 11 is 1.48. The number of nitrogens with one attached hydrogen (secondary N) is 1. The summed E-state index contributed by atoms with van der Waals surface area (Å²) in [5.41, 5.74) is 2.19. The molecule has 2 aromatic carbocycles. The summed E-state index contributed by atoms with van der Waals surface area (Å²) in [6.07, 6.45) is 1.09. The zero-order chi connectivity index (χ0) is 18.5. The third-order valence-electron chi connectivity index (χ3n) is 4.27.